The summed E-state index contributed by atoms with van der Waals surface area (Å²) >= 11 is 0. The van der Waals surface area contributed by atoms with E-state index in [1.54, 1.807) is 5.57 Å². The van der Waals surface area contributed by atoms with Crippen molar-refractivity contribution in [3.05, 3.63) is 59.2 Å². The second-order valence-corrected chi connectivity index (χ2v) is 7.43. The molecule has 2 aromatic carbocycles. The van der Waals surface area contributed by atoms with E-state index in [4.69, 9.17) is 0 Å². The Morgan fingerprint density at radius 2 is 1.83 bits per heavy atom. The lowest BCUT2D eigenvalue weighted by Gasteiger charge is -2.29. The van der Waals surface area contributed by atoms with Crippen LogP contribution in [0.4, 0.5) is 0 Å². The third-order valence-electron chi connectivity index (χ3n) is 5.77. The fraction of sp³-hybridized carbons (Fsp3) is 0.417. The van der Waals surface area contributed by atoms with Gasteiger partial charge >= 0.3 is 0 Å². The van der Waals surface area contributed by atoms with Crippen LogP contribution in [0.25, 0.3) is 22.4 Å². The van der Waals surface area contributed by atoms with Gasteiger partial charge in [0, 0.05) is 5.92 Å². The first-order valence-corrected chi connectivity index (χ1v) is 9.81. The molecule has 0 heterocycles. The van der Waals surface area contributed by atoms with Gasteiger partial charge in [0.25, 0.3) is 0 Å². The SMILES string of the molecule is CCCCCCCCC1C=Cc2ccc3cccc4c3c2C1=CC4. The topological polar surface area (TPSA) is 0 Å². The van der Waals surface area contributed by atoms with Gasteiger partial charge in [-0.2, -0.15) is 0 Å². The Morgan fingerprint density at radius 3 is 2.75 bits per heavy atom. The van der Waals surface area contributed by atoms with Crippen LogP contribution in [-0.4, -0.2) is 0 Å². The lowest BCUT2D eigenvalue weighted by atomic mass is 9.75. The minimum absolute atomic E-state index is 0.627. The zero-order valence-corrected chi connectivity index (χ0v) is 14.9. The fourth-order valence-electron chi connectivity index (χ4n) is 4.47. The Morgan fingerprint density at radius 1 is 0.958 bits per heavy atom. The molecular formula is C24H28. The van der Waals surface area contributed by atoms with Crippen molar-refractivity contribution in [1.29, 1.82) is 0 Å². The van der Waals surface area contributed by atoms with Crippen LogP contribution >= 0.6 is 0 Å². The molecular weight excluding hydrogens is 288 g/mol. The summed E-state index contributed by atoms with van der Waals surface area (Å²) in [4.78, 5) is 0. The van der Waals surface area contributed by atoms with Crippen LogP contribution in [0.15, 0.2) is 42.5 Å². The Bertz CT molecular complexity index is 791. The number of rotatable bonds is 7. The predicted molar refractivity (Wildman–Crippen MR) is 106 cm³/mol. The molecule has 2 aliphatic rings. The average Bonchev–Trinajstić information content (AvgIpc) is 2.63. The zero-order chi connectivity index (χ0) is 16.4. The monoisotopic (exact) mass is 316 g/mol. The number of unbranched alkanes of at least 4 members (excludes halogenated alkanes) is 5. The van der Waals surface area contributed by atoms with Crippen LogP contribution < -0.4 is 0 Å². The minimum Gasteiger partial charge on any atom is -0.0764 e. The van der Waals surface area contributed by atoms with Crippen LogP contribution in [0.3, 0.4) is 0 Å². The second-order valence-electron chi connectivity index (χ2n) is 7.43. The van der Waals surface area contributed by atoms with Gasteiger partial charge in [0.05, 0.1) is 0 Å². The average molecular weight is 316 g/mol. The fourth-order valence-corrected chi connectivity index (χ4v) is 4.47. The summed E-state index contributed by atoms with van der Waals surface area (Å²) < 4.78 is 0. The summed E-state index contributed by atoms with van der Waals surface area (Å²) in [7, 11) is 0. The highest BCUT2D eigenvalue weighted by Gasteiger charge is 2.24. The van der Waals surface area contributed by atoms with Crippen LogP contribution in [0.1, 0.15) is 68.6 Å². The Hall–Kier alpha value is -1.82. The Balaban J connectivity index is 1.54. The molecule has 0 saturated carbocycles. The van der Waals surface area contributed by atoms with Crippen molar-refractivity contribution in [1.82, 2.24) is 0 Å². The van der Waals surface area contributed by atoms with Gasteiger partial charge in [0.15, 0.2) is 0 Å². The van der Waals surface area contributed by atoms with E-state index in [1.807, 2.05) is 0 Å². The molecule has 0 radical (unpaired) electrons. The number of hydrogen-bond donors (Lipinski definition) is 0. The molecule has 24 heavy (non-hydrogen) atoms. The van der Waals surface area contributed by atoms with E-state index in [2.05, 4.69) is 55.5 Å². The van der Waals surface area contributed by atoms with Gasteiger partial charge in [-0.05, 0) is 45.9 Å². The summed E-state index contributed by atoms with van der Waals surface area (Å²) in [5.74, 6) is 0.627. The highest BCUT2D eigenvalue weighted by Crippen LogP contribution is 2.43. The van der Waals surface area contributed by atoms with E-state index in [9.17, 15) is 0 Å². The highest BCUT2D eigenvalue weighted by molar-refractivity contribution is 6.03. The van der Waals surface area contributed by atoms with Crippen LogP contribution in [0, 0.1) is 5.92 Å². The van der Waals surface area contributed by atoms with Gasteiger partial charge in [-0.25, -0.2) is 0 Å². The molecule has 1 unspecified atom stereocenters. The maximum absolute atomic E-state index is 2.51. The van der Waals surface area contributed by atoms with Crippen molar-refractivity contribution >= 4 is 22.4 Å². The van der Waals surface area contributed by atoms with E-state index in [-0.39, 0.29) is 0 Å². The molecule has 0 amide bonds. The van der Waals surface area contributed by atoms with Crippen molar-refractivity contribution in [3.8, 4) is 0 Å². The van der Waals surface area contributed by atoms with Crippen molar-refractivity contribution < 1.29 is 0 Å². The molecule has 1 atom stereocenters. The zero-order valence-electron chi connectivity index (χ0n) is 14.9. The van der Waals surface area contributed by atoms with Gasteiger partial charge in [-0.15, -0.1) is 0 Å². The first-order valence-electron chi connectivity index (χ1n) is 9.81. The summed E-state index contributed by atoms with van der Waals surface area (Å²) in [6.45, 7) is 2.29. The molecule has 2 aliphatic carbocycles. The maximum atomic E-state index is 2.51. The third-order valence-corrected chi connectivity index (χ3v) is 5.77. The van der Waals surface area contributed by atoms with E-state index in [0.29, 0.717) is 5.92 Å². The Labute approximate surface area is 146 Å². The Kier molecular flexibility index (Phi) is 4.56. The third kappa shape index (κ3) is 2.83. The van der Waals surface area contributed by atoms with E-state index in [0.717, 1.165) is 6.42 Å². The molecule has 124 valence electrons. The molecule has 0 aliphatic heterocycles. The van der Waals surface area contributed by atoms with E-state index in [1.165, 1.54) is 72.4 Å². The van der Waals surface area contributed by atoms with Crippen molar-refractivity contribution in [2.24, 2.45) is 5.92 Å². The standard InChI is InChI=1S/C24H28/c1-2-3-4-5-6-7-9-18-12-13-21-15-14-19-10-8-11-20-16-17-22(18)24(21)23(19)20/h8,10-15,17-18H,2-7,9,16H2,1H3. The smallest absolute Gasteiger partial charge is 0.00246 e. The normalized spacial score (nSPS) is 18.0. The number of allylic oxidation sites excluding steroid dienone is 3. The second kappa shape index (κ2) is 6.97. The van der Waals surface area contributed by atoms with E-state index < -0.39 is 0 Å². The largest absolute Gasteiger partial charge is 0.0764 e. The minimum atomic E-state index is 0.627. The summed E-state index contributed by atoms with van der Waals surface area (Å²) in [6, 6.07) is 11.4. The van der Waals surface area contributed by atoms with Crippen LogP contribution in [0.5, 0.6) is 0 Å². The molecule has 0 fully saturated rings. The first-order chi connectivity index (χ1) is 11.9. The number of hydrogen-bond acceptors (Lipinski definition) is 0. The lowest BCUT2D eigenvalue weighted by molar-refractivity contribution is 0.567. The molecule has 0 bridgehead atoms. The molecule has 0 heteroatoms. The quantitative estimate of drug-likeness (QED) is 0.475. The summed E-state index contributed by atoms with van der Waals surface area (Å²) in [6.07, 6.45) is 18.1. The van der Waals surface area contributed by atoms with Gasteiger partial charge in [0.2, 0.25) is 0 Å². The van der Waals surface area contributed by atoms with Gasteiger partial charge in [-0.1, -0.05) is 94.0 Å². The van der Waals surface area contributed by atoms with Crippen molar-refractivity contribution in [2.75, 3.05) is 0 Å². The summed E-state index contributed by atoms with van der Waals surface area (Å²) in [5, 5.41) is 2.93. The van der Waals surface area contributed by atoms with Crippen molar-refractivity contribution in [2.45, 2.75) is 58.3 Å². The van der Waals surface area contributed by atoms with E-state index >= 15 is 0 Å². The number of benzene rings is 2. The molecule has 0 nitrogen and oxygen atoms in total. The molecule has 0 N–H and O–H groups in total. The van der Waals surface area contributed by atoms with Gasteiger partial charge < -0.3 is 0 Å². The van der Waals surface area contributed by atoms with Crippen LogP contribution in [0.2, 0.25) is 0 Å². The molecule has 0 saturated heterocycles. The van der Waals surface area contributed by atoms with Crippen molar-refractivity contribution in [3.63, 3.8) is 0 Å². The molecule has 0 aromatic heterocycles. The first kappa shape index (κ1) is 15.7. The summed E-state index contributed by atoms with van der Waals surface area (Å²) in [5.41, 5.74) is 6.06. The van der Waals surface area contributed by atoms with Gasteiger partial charge in [-0.3, -0.25) is 0 Å². The molecule has 4 rings (SSSR count). The maximum Gasteiger partial charge on any atom is 0.00246 e. The molecule has 2 aromatic rings. The van der Waals surface area contributed by atoms with Crippen LogP contribution in [-0.2, 0) is 6.42 Å². The lowest BCUT2D eigenvalue weighted by Crippen LogP contribution is -2.11. The molecule has 0 spiro atoms. The predicted octanol–water partition coefficient (Wildman–Crippen LogP) is 7.17. The highest BCUT2D eigenvalue weighted by atomic mass is 14.3. The van der Waals surface area contributed by atoms with Gasteiger partial charge in [0.1, 0.15) is 0 Å².